The van der Waals surface area contributed by atoms with Gasteiger partial charge in [-0.15, -0.1) is 11.3 Å². The van der Waals surface area contributed by atoms with Crippen LogP contribution in [0.15, 0.2) is 66.7 Å². The highest BCUT2D eigenvalue weighted by atomic mass is 32.1. The normalized spacial score (nSPS) is 11.0. The van der Waals surface area contributed by atoms with Crippen LogP contribution in [0.2, 0.25) is 0 Å². The molecule has 0 radical (unpaired) electrons. The number of rotatable bonds is 7. The van der Waals surface area contributed by atoms with Crippen molar-refractivity contribution >= 4 is 33.5 Å². The summed E-state index contributed by atoms with van der Waals surface area (Å²) in [5.74, 6) is 2.75. The van der Waals surface area contributed by atoms with Gasteiger partial charge < -0.3 is 18.9 Å². The van der Waals surface area contributed by atoms with Gasteiger partial charge in [-0.05, 0) is 78.2 Å². The smallest absolute Gasteiger partial charge is 0.330 e. The predicted molar refractivity (Wildman–Crippen MR) is 133 cm³/mol. The molecule has 0 aliphatic heterocycles. The van der Waals surface area contributed by atoms with Crippen molar-refractivity contribution in [2.24, 2.45) is 0 Å². The highest BCUT2D eigenvalue weighted by Gasteiger charge is 2.18. The fraction of sp³-hybridized carbons (Fsp3) is 0.148. The number of carbonyl (C=O) groups is 1. The van der Waals surface area contributed by atoms with Crippen molar-refractivity contribution in [3.63, 3.8) is 0 Å². The molecular formula is C27H24O5S. The number of carbonyl (C=O) groups excluding carboxylic acids is 1. The van der Waals surface area contributed by atoms with Gasteiger partial charge in [-0.2, -0.15) is 0 Å². The summed E-state index contributed by atoms with van der Waals surface area (Å²) in [7, 11) is 4.69. The molecule has 0 spiro atoms. The molecule has 4 aromatic rings. The monoisotopic (exact) mass is 460 g/mol. The topological polar surface area (TPSA) is 54.0 Å². The molecule has 0 atom stereocenters. The molecule has 4 rings (SSSR count). The summed E-state index contributed by atoms with van der Waals surface area (Å²) in [4.78, 5) is 12.3. The van der Waals surface area contributed by atoms with Gasteiger partial charge in [-0.25, -0.2) is 4.79 Å². The first kappa shape index (κ1) is 22.4. The van der Waals surface area contributed by atoms with Crippen molar-refractivity contribution in [3.05, 3.63) is 77.9 Å². The van der Waals surface area contributed by atoms with Crippen LogP contribution >= 0.6 is 11.3 Å². The minimum Gasteiger partial charge on any atom is -0.497 e. The highest BCUT2D eigenvalue weighted by Crippen LogP contribution is 2.47. The van der Waals surface area contributed by atoms with Gasteiger partial charge in [0.15, 0.2) is 5.75 Å². The third-order valence-corrected chi connectivity index (χ3v) is 6.40. The minimum absolute atomic E-state index is 0.394. The van der Waals surface area contributed by atoms with E-state index in [4.69, 9.17) is 14.2 Å². The summed E-state index contributed by atoms with van der Waals surface area (Å²) in [6, 6.07) is 19.6. The van der Waals surface area contributed by atoms with Crippen molar-refractivity contribution in [2.45, 2.75) is 6.92 Å². The van der Waals surface area contributed by atoms with E-state index in [-0.39, 0.29) is 0 Å². The lowest BCUT2D eigenvalue weighted by Gasteiger charge is -2.10. The summed E-state index contributed by atoms with van der Waals surface area (Å²) < 4.78 is 23.0. The summed E-state index contributed by atoms with van der Waals surface area (Å²) >= 11 is 1.66. The van der Waals surface area contributed by atoms with Gasteiger partial charge in [0.25, 0.3) is 0 Å². The first-order chi connectivity index (χ1) is 16.0. The molecule has 0 amide bonds. The summed E-state index contributed by atoms with van der Waals surface area (Å²) in [6.45, 7) is 2.03. The van der Waals surface area contributed by atoms with E-state index < -0.39 is 5.97 Å². The van der Waals surface area contributed by atoms with E-state index >= 15 is 0 Å². The number of hydrogen-bond donors (Lipinski definition) is 0. The number of esters is 1. The van der Waals surface area contributed by atoms with Crippen molar-refractivity contribution < 1.29 is 23.7 Å². The molecule has 1 aromatic heterocycles. The van der Waals surface area contributed by atoms with Gasteiger partial charge in [0.05, 0.1) is 26.2 Å². The number of methoxy groups -OCH3 is 3. The average molecular weight is 461 g/mol. The zero-order valence-electron chi connectivity index (χ0n) is 18.9. The van der Waals surface area contributed by atoms with Gasteiger partial charge in [-0.1, -0.05) is 12.1 Å². The molecule has 6 heteroatoms. The molecule has 3 aromatic carbocycles. The number of hydrogen-bond acceptors (Lipinski definition) is 6. The molecule has 0 aliphatic rings. The van der Waals surface area contributed by atoms with E-state index in [1.54, 1.807) is 31.6 Å². The van der Waals surface area contributed by atoms with Crippen LogP contribution in [0.4, 0.5) is 0 Å². The van der Waals surface area contributed by atoms with E-state index in [1.165, 1.54) is 13.2 Å². The standard InChI is InChI=1S/C27H24O5S/c1-17-15-19(8-13-23(17)30-3)27-26(22-12-11-21(29-2)16-24(22)33-27)32-20-9-5-18(6-10-20)7-14-25(28)31-4/h5-16H,1-4H3. The summed E-state index contributed by atoms with van der Waals surface area (Å²) in [5.41, 5.74) is 2.98. The molecule has 0 N–H and O–H groups in total. The van der Waals surface area contributed by atoms with E-state index in [0.29, 0.717) is 5.75 Å². The first-order valence-electron chi connectivity index (χ1n) is 10.3. The zero-order chi connectivity index (χ0) is 23.4. The third-order valence-electron chi connectivity index (χ3n) is 5.22. The summed E-state index contributed by atoms with van der Waals surface area (Å²) in [6.07, 6.45) is 3.09. The van der Waals surface area contributed by atoms with Gasteiger partial charge >= 0.3 is 5.97 Å². The number of ether oxygens (including phenoxy) is 4. The van der Waals surface area contributed by atoms with Crippen LogP contribution in [0, 0.1) is 6.92 Å². The van der Waals surface area contributed by atoms with Crippen LogP contribution in [0.25, 0.3) is 26.6 Å². The maximum atomic E-state index is 11.3. The Morgan fingerprint density at radius 3 is 2.30 bits per heavy atom. The maximum Gasteiger partial charge on any atom is 0.330 e. The van der Waals surface area contributed by atoms with Crippen molar-refractivity contribution in [2.75, 3.05) is 21.3 Å². The molecule has 5 nitrogen and oxygen atoms in total. The van der Waals surface area contributed by atoms with Crippen molar-refractivity contribution in [3.8, 4) is 33.4 Å². The minimum atomic E-state index is -0.394. The van der Waals surface area contributed by atoms with Crippen LogP contribution < -0.4 is 14.2 Å². The fourth-order valence-corrected chi connectivity index (χ4v) is 4.64. The molecule has 0 bridgehead atoms. The molecule has 0 aliphatic carbocycles. The maximum absolute atomic E-state index is 11.3. The fourth-order valence-electron chi connectivity index (χ4n) is 3.49. The van der Waals surface area contributed by atoms with Gasteiger partial charge in [0.1, 0.15) is 17.2 Å². The zero-order valence-corrected chi connectivity index (χ0v) is 19.7. The van der Waals surface area contributed by atoms with Crippen LogP contribution in [0.5, 0.6) is 23.0 Å². The van der Waals surface area contributed by atoms with Crippen LogP contribution in [-0.4, -0.2) is 27.3 Å². The molecule has 0 saturated carbocycles. The lowest BCUT2D eigenvalue weighted by atomic mass is 10.1. The second kappa shape index (κ2) is 9.79. The molecule has 33 heavy (non-hydrogen) atoms. The Morgan fingerprint density at radius 2 is 1.64 bits per heavy atom. The predicted octanol–water partition coefficient (Wildman–Crippen LogP) is 6.87. The Morgan fingerprint density at radius 1 is 0.879 bits per heavy atom. The molecule has 0 unspecified atom stereocenters. The van der Waals surface area contributed by atoms with Crippen molar-refractivity contribution in [1.29, 1.82) is 0 Å². The second-order valence-corrected chi connectivity index (χ2v) is 8.39. The number of thiophene rings is 1. The number of fused-ring (bicyclic) bond motifs is 1. The SMILES string of the molecule is COC(=O)C=Cc1ccc(Oc2c(-c3ccc(OC)c(C)c3)sc3cc(OC)ccc23)cc1. The number of aryl methyl sites for hydroxylation is 1. The molecular weight excluding hydrogens is 436 g/mol. The van der Waals surface area contributed by atoms with E-state index in [1.807, 2.05) is 61.5 Å². The van der Waals surface area contributed by atoms with Gasteiger partial charge in [-0.3, -0.25) is 0 Å². The van der Waals surface area contributed by atoms with Crippen LogP contribution in [-0.2, 0) is 9.53 Å². The Labute approximate surface area is 196 Å². The largest absolute Gasteiger partial charge is 0.497 e. The quantitative estimate of drug-likeness (QED) is 0.222. The molecule has 1 heterocycles. The molecule has 0 fully saturated rings. The van der Waals surface area contributed by atoms with Crippen LogP contribution in [0.1, 0.15) is 11.1 Å². The highest BCUT2D eigenvalue weighted by molar-refractivity contribution is 7.22. The molecule has 0 saturated heterocycles. The Kier molecular flexibility index (Phi) is 6.66. The Balaban J connectivity index is 1.74. The Hall–Kier alpha value is -3.77. The van der Waals surface area contributed by atoms with E-state index in [0.717, 1.165) is 48.9 Å². The first-order valence-corrected chi connectivity index (χ1v) is 11.1. The number of benzene rings is 3. The summed E-state index contributed by atoms with van der Waals surface area (Å²) in [5, 5.41) is 1.01. The van der Waals surface area contributed by atoms with Gasteiger partial charge in [0.2, 0.25) is 0 Å². The Bertz CT molecular complexity index is 1320. The third kappa shape index (κ3) is 4.86. The van der Waals surface area contributed by atoms with Gasteiger partial charge in [0, 0.05) is 16.2 Å². The van der Waals surface area contributed by atoms with E-state index in [9.17, 15) is 4.79 Å². The lowest BCUT2D eigenvalue weighted by molar-refractivity contribution is -0.134. The van der Waals surface area contributed by atoms with Crippen LogP contribution in [0.3, 0.4) is 0 Å². The molecule has 168 valence electrons. The van der Waals surface area contributed by atoms with E-state index in [2.05, 4.69) is 10.8 Å². The lowest BCUT2D eigenvalue weighted by Crippen LogP contribution is -1.93. The second-order valence-electron chi connectivity index (χ2n) is 7.33. The average Bonchev–Trinajstić information content (AvgIpc) is 3.20. The van der Waals surface area contributed by atoms with Crippen molar-refractivity contribution in [1.82, 2.24) is 0 Å².